The molecule has 3 rings (SSSR count). The number of hydrogen-bond donors (Lipinski definition) is 1. The number of nitrogens with zero attached hydrogens (tertiary/aromatic N) is 1. The summed E-state index contributed by atoms with van der Waals surface area (Å²) in [6.07, 6.45) is 0. The number of nitrogens with one attached hydrogen (secondary N) is 1. The van der Waals surface area contributed by atoms with Gasteiger partial charge in [0.05, 0.1) is 22.0 Å². The summed E-state index contributed by atoms with van der Waals surface area (Å²) in [6, 6.07) is 13.8. The minimum atomic E-state index is -0.410. The number of nitro benzene ring substituents is 1. The van der Waals surface area contributed by atoms with E-state index in [1.54, 1.807) is 43.5 Å². The molecule has 8 heteroatoms. The van der Waals surface area contributed by atoms with Crippen LogP contribution in [0.15, 0.2) is 52.7 Å². The summed E-state index contributed by atoms with van der Waals surface area (Å²) in [5.41, 5.74) is 0.775. The molecule has 0 saturated heterocycles. The molecule has 1 heterocycles. The molecule has 0 fully saturated rings. The number of anilines is 1. The van der Waals surface area contributed by atoms with E-state index in [0.717, 1.165) is 20.0 Å². The lowest BCUT2D eigenvalue weighted by molar-refractivity contribution is -0.384. The van der Waals surface area contributed by atoms with E-state index in [4.69, 9.17) is 4.74 Å². The van der Waals surface area contributed by atoms with Crippen LogP contribution < -0.4 is 10.1 Å². The maximum absolute atomic E-state index is 12.1. The van der Waals surface area contributed by atoms with E-state index in [1.165, 1.54) is 29.2 Å². The normalized spacial score (nSPS) is 10.6. The van der Waals surface area contributed by atoms with Crippen LogP contribution in [-0.2, 0) is 4.79 Å². The Morgan fingerprint density at radius 3 is 2.68 bits per heavy atom. The highest BCUT2D eigenvalue weighted by Crippen LogP contribution is 2.34. The molecule has 0 saturated carbocycles. The van der Waals surface area contributed by atoms with Crippen LogP contribution in [0.25, 0.3) is 10.1 Å². The maximum Gasteiger partial charge on any atom is 0.270 e. The third-order valence-corrected chi connectivity index (χ3v) is 5.73. The van der Waals surface area contributed by atoms with Gasteiger partial charge >= 0.3 is 0 Å². The van der Waals surface area contributed by atoms with Crippen molar-refractivity contribution in [2.45, 2.75) is 4.21 Å². The molecule has 0 aliphatic rings. The molecule has 6 nitrogen and oxygen atoms in total. The lowest BCUT2D eigenvalue weighted by Gasteiger charge is -2.05. The van der Waals surface area contributed by atoms with Crippen LogP contribution >= 0.6 is 23.1 Å². The van der Waals surface area contributed by atoms with Gasteiger partial charge in [-0.15, -0.1) is 23.1 Å². The Labute approximate surface area is 152 Å². The number of nitro groups is 1. The lowest BCUT2D eigenvalue weighted by atomic mass is 10.2. The molecule has 128 valence electrons. The number of ether oxygens (including phenoxy) is 1. The highest BCUT2D eigenvalue weighted by atomic mass is 32.2. The first kappa shape index (κ1) is 17.2. The van der Waals surface area contributed by atoms with Gasteiger partial charge in [-0.25, -0.2) is 0 Å². The van der Waals surface area contributed by atoms with Crippen molar-refractivity contribution in [1.82, 2.24) is 0 Å². The van der Waals surface area contributed by atoms with Crippen molar-refractivity contribution in [1.29, 1.82) is 0 Å². The van der Waals surface area contributed by atoms with Crippen molar-refractivity contribution in [3.63, 3.8) is 0 Å². The summed E-state index contributed by atoms with van der Waals surface area (Å²) in [5, 5.41) is 14.5. The van der Waals surface area contributed by atoms with Crippen molar-refractivity contribution in [3.8, 4) is 5.75 Å². The number of fused-ring (bicyclic) bond motifs is 1. The average molecular weight is 374 g/mol. The number of non-ortho nitro benzene ring substituents is 1. The van der Waals surface area contributed by atoms with Crippen molar-refractivity contribution in [3.05, 3.63) is 58.6 Å². The number of amides is 1. The van der Waals surface area contributed by atoms with Crippen molar-refractivity contribution in [2.75, 3.05) is 18.2 Å². The average Bonchev–Trinajstić information content (AvgIpc) is 3.02. The Bertz CT molecular complexity index is 922. The number of thiophene rings is 1. The second kappa shape index (κ2) is 7.54. The van der Waals surface area contributed by atoms with Gasteiger partial charge in [0, 0.05) is 27.9 Å². The Morgan fingerprint density at radius 1 is 1.24 bits per heavy atom. The Morgan fingerprint density at radius 2 is 2.00 bits per heavy atom. The number of benzene rings is 2. The zero-order valence-electron chi connectivity index (χ0n) is 13.2. The van der Waals surface area contributed by atoms with E-state index in [1.807, 2.05) is 6.07 Å². The molecule has 0 unspecified atom stereocenters. The Balaban J connectivity index is 1.61. The van der Waals surface area contributed by atoms with Crippen LogP contribution in [0.4, 0.5) is 11.4 Å². The molecule has 0 bridgehead atoms. The zero-order chi connectivity index (χ0) is 17.8. The number of carbonyl (C=O) groups is 1. The van der Waals surface area contributed by atoms with Crippen LogP contribution in [0.5, 0.6) is 5.75 Å². The molecular formula is C17H14N2O4S2. The van der Waals surface area contributed by atoms with Crippen LogP contribution in [0, 0.1) is 10.1 Å². The fourth-order valence-corrected chi connectivity index (χ4v) is 4.21. The quantitative estimate of drug-likeness (QED) is 0.389. The van der Waals surface area contributed by atoms with E-state index in [2.05, 4.69) is 5.32 Å². The smallest absolute Gasteiger partial charge is 0.270 e. The fourth-order valence-electron chi connectivity index (χ4n) is 2.20. The standard InChI is InChI=1S/C17H14N2O4S2/c1-23-14-5-2-12(3-6-14)18-16(20)10-24-17-9-11-8-13(19(21)22)4-7-15(11)25-17/h2-9H,10H2,1H3,(H,18,20). The SMILES string of the molecule is COc1ccc(NC(=O)CSc2cc3cc([N+](=O)[O-])ccc3s2)cc1. The summed E-state index contributed by atoms with van der Waals surface area (Å²) in [5.74, 6) is 0.881. The molecule has 0 atom stereocenters. The van der Waals surface area contributed by atoms with Crippen molar-refractivity contribution < 1.29 is 14.5 Å². The van der Waals surface area contributed by atoms with Crippen LogP contribution in [0.1, 0.15) is 0 Å². The van der Waals surface area contributed by atoms with Gasteiger partial charge in [0.15, 0.2) is 0 Å². The van der Waals surface area contributed by atoms with E-state index in [9.17, 15) is 14.9 Å². The van der Waals surface area contributed by atoms with Gasteiger partial charge in [-0.1, -0.05) is 0 Å². The van der Waals surface area contributed by atoms with Crippen LogP contribution in [0.3, 0.4) is 0 Å². The van der Waals surface area contributed by atoms with Gasteiger partial charge in [0.1, 0.15) is 5.75 Å². The summed E-state index contributed by atoms with van der Waals surface area (Å²) >= 11 is 2.92. The van der Waals surface area contributed by atoms with Gasteiger partial charge < -0.3 is 10.1 Å². The third-order valence-electron chi connectivity index (χ3n) is 3.41. The monoisotopic (exact) mass is 374 g/mol. The molecule has 1 N–H and O–H groups in total. The first-order chi connectivity index (χ1) is 12.0. The highest BCUT2D eigenvalue weighted by molar-refractivity contribution is 8.01. The minimum absolute atomic E-state index is 0.0686. The van der Waals surface area contributed by atoms with E-state index in [0.29, 0.717) is 5.69 Å². The molecule has 0 aliphatic heterocycles. The molecule has 3 aromatic rings. The van der Waals surface area contributed by atoms with Gasteiger partial charge in [-0.3, -0.25) is 14.9 Å². The van der Waals surface area contributed by atoms with E-state index in [-0.39, 0.29) is 17.3 Å². The first-order valence-corrected chi connectivity index (χ1v) is 9.10. The fraction of sp³-hybridized carbons (Fsp3) is 0.118. The number of carbonyl (C=O) groups excluding carboxylic acids is 1. The first-order valence-electron chi connectivity index (χ1n) is 7.30. The number of hydrogen-bond acceptors (Lipinski definition) is 6. The van der Waals surface area contributed by atoms with Crippen molar-refractivity contribution in [2.24, 2.45) is 0 Å². The molecule has 1 amide bonds. The molecule has 25 heavy (non-hydrogen) atoms. The van der Waals surface area contributed by atoms with Gasteiger partial charge in [0.2, 0.25) is 5.91 Å². The van der Waals surface area contributed by atoms with Gasteiger partial charge in [-0.05, 0) is 36.4 Å². The molecular weight excluding hydrogens is 360 g/mol. The second-order valence-corrected chi connectivity index (χ2v) is 7.47. The van der Waals surface area contributed by atoms with Crippen molar-refractivity contribution >= 4 is 50.5 Å². The second-order valence-electron chi connectivity index (χ2n) is 5.11. The summed E-state index contributed by atoms with van der Waals surface area (Å²) in [6.45, 7) is 0. The third kappa shape index (κ3) is 4.28. The Kier molecular flexibility index (Phi) is 5.20. The highest BCUT2D eigenvalue weighted by Gasteiger charge is 2.10. The maximum atomic E-state index is 12.1. The lowest BCUT2D eigenvalue weighted by Crippen LogP contribution is -2.13. The van der Waals surface area contributed by atoms with E-state index >= 15 is 0 Å². The molecule has 0 aliphatic carbocycles. The van der Waals surface area contributed by atoms with Gasteiger partial charge in [-0.2, -0.15) is 0 Å². The summed E-state index contributed by atoms with van der Waals surface area (Å²) < 4.78 is 6.98. The van der Waals surface area contributed by atoms with Crippen LogP contribution in [-0.4, -0.2) is 23.7 Å². The topological polar surface area (TPSA) is 81.5 Å². The predicted molar refractivity (Wildman–Crippen MR) is 101 cm³/mol. The summed E-state index contributed by atoms with van der Waals surface area (Å²) in [7, 11) is 1.59. The number of rotatable bonds is 6. The molecule has 0 spiro atoms. The molecule has 1 aromatic heterocycles. The van der Waals surface area contributed by atoms with Gasteiger partial charge in [0.25, 0.3) is 5.69 Å². The van der Waals surface area contributed by atoms with E-state index < -0.39 is 4.92 Å². The largest absolute Gasteiger partial charge is 0.497 e. The predicted octanol–water partition coefficient (Wildman–Crippen LogP) is 4.55. The minimum Gasteiger partial charge on any atom is -0.497 e. The Hall–Kier alpha value is -2.58. The summed E-state index contributed by atoms with van der Waals surface area (Å²) in [4.78, 5) is 22.5. The number of thioether (sulfide) groups is 1. The molecule has 2 aromatic carbocycles. The number of methoxy groups -OCH3 is 1. The van der Waals surface area contributed by atoms with Crippen LogP contribution in [0.2, 0.25) is 0 Å². The molecule has 0 radical (unpaired) electrons. The zero-order valence-corrected chi connectivity index (χ0v) is 14.9.